The molecule has 16 heavy (non-hydrogen) atoms. The van der Waals surface area contributed by atoms with Crippen molar-refractivity contribution in [1.29, 1.82) is 0 Å². The van der Waals surface area contributed by atoms with Gasteiger partial charge in [0, 0.05) is 5.39 Å². The van der Waals surface area contributed by atoms with Crippen molar-refractivity contribution in [3.8, 4) is 5.75 Å². The van der Waals surface area contributed by atoms with Crippen LogP contribution in [-0.4, -0.2) is 6.61 Å². The van der Waals surface area contributed by atoms with E-state index in [1.54, 1.807) is 0 Å². The van der Waals surface area contributed by atoms with Gasteiger partial charge in [-0.2, -0.15) is 0 Å². The highest BCUT2D eigenvalue weighted by molar-refractivity contribution is 5.88. The van der Waals surface area contributed by atoms with Gasteiger partial charge in [-0.15, -0.1) is 0 Å². The molecule has 0 fully saturated rings. The molecule has 0 unspecified atom stereocenters. The molecule has 0 amide bonds. The number of benzene rings is 2. The predicted molar refractivity (Wildman–Crippen MR) is 68.9 cm³/mol. The highest BCUT2D eigenvalue weighted by atomic mass is 16.5. The SMILES string of the molecule is CC(C)CCOc1cccc2ccccc12. The topological polar surface area (TPSA) is 9.23 Å². The summed E-state index contributed by atoms with van der Waals surface area (Å²) < 4.78 is 5.83. The number of hydrogen-bond acceptors (Lipinski definition) is 1. The van der Waals surface area contributed by atoms with E-state index in [2.05, 4.69) is 44.2 Å². The molecule has 0 aliphatic rings. The number of rotatable bonds is 4. The zero-order valence-electron chi connectivity index (χ0n) is 9.94. The van der Waals surface area contributed by atoms with Crippen LogP contribution in [0.25, 0.3) is 10.8 Å². The molecule has 0 aromatic heterocycles. The summed E-state index contributed by atoms with van der Waals surface area (Å²) >= 11 is 0. The van der Waals surface area contributed by atoms with Crippen molar-refractivity contribution in [2.45, 2.75) is 20.3 Å². The Kier molecular flexibility index (Phi) is 3.45. The Morgan fingerprint density at radius 3 is 2.56 bits per heavy atom. The molecule has 0 aliphatic carbocycles. The van der Waals surface area contributed by atoms with Crippen molar-refractivity contribution >= 4 is 10.8 Å². The normalized spacial score (nSPS) is 10.9. The molecule has 2 aromatic rings. The summed E-state index contributed by atoms with van der Waals surface area (Å²) in [7, 11) is 0. The highest BCUT2D eigenvalue weighted by Crippen LogP contribution is 2.25. The smallest absolute Gasteiger partial charge is 0.127 e. The molecular formula is C15H18O. The minimum absolute atomic E-state index is 0.690. The van der Waals surface area contributed by atoms with Gasteiger partial charge in [0.2, 0.25) is 0 Å². The summed E-state index contributed by atoms with van der Waals surface area (Å²) in [5, 5.41) is 2.44. The Bertz CT molecular complexity index is 454. The average molecular weight is 214 g/mol. The molecule has 1 heteroatoms. The van der Waals surface area contributed by atoms with Crippen LogP contribution in [0.2, 0.25) is 0 Å². The van der Waals surface area contributed by atoms with Crippen LogP contribution in [0.4, 0.5) is 0 Å². The molecule has 84 valence electrons. The second-order valence-corrected chi connectivity index (χ2v) is 4.51. The van der Waals surface area contributed by atoms with Crippen LogP contribution in [0, 0.1) is 5.92 Å². The van der Waals surface area contributed by atoms with E-state index in [1.807, 2.05) is 12.1 Å². The summed E-state index contributed by atoms with van der Waals surface area (Å²) in [5.41, 5.74) is 0. The quantitative estimate of drug-likeness (QED) is 0.738. The lowest BCUT2D eigenvalue weighted by Crippen LogP contribution is -2.01. The number of hydrogen-bond donors (Lipinski definition) is 0. The molecule has 0 radical (unpaired) electrons. The van der Waals surface area contributed by atoms with E-state index in [4.69, 9.17) is 4.74 Å². The van der Waals surface area contributed by atoms with Crippen molar-refractivity contribution in [1.82, 2.24) is 0 Å². The molecule has 0 atom stereocenters. The van der Waals surface area contributed by atoms with Crippen LogP contribution in [-0.2, 0) is 0 Å². The first-order valence-corrected chi connectivity index (χ1v) is 5.88. The maximum Gasteiger partial charge on any atom is 0.127 e. The van der Waals surface area contributed by atoms with Gasteiger partial charge in [-0.1, -0.05) is 50.2 Å². The highest BCUT2D eigenvalue weighted by Gasteiger charge is 2.01. The van der Waals surface area contributed by atoms with Crippen LogP contribution >= 0.6 is 0 Å². The molecule has 0 saturated heterocycles. The minimum atomic E-state index is 0.690. The van der Waals surface area contributed by atoms with Crippen LogP contribution in [0.15, 0.2) is 42.5 Å². The zero-order chi connectivity index (χ0) is 11.4. The largest absolute Gasteiger partial charge is 0.493 e. The Balaban J connectivity index is 2.17. The summed E-state index contributed by atoms with van der Waals surface area (Å²) in [5.74, 6) is 1.69. The maximum atomic E-state index is 5.83. The van der Waals surface area contributed by atoms with Crippen molar-refractivity contribution < 1.29 is 4.74 Å². The summed E-state index contributed by atoms with van der Waals surface area (Å²) in [6.45, 7) is 5.23. The van der Waals surface area contributed by atoms with Gasteiger partial charge in [0.05, 0.1) is 6.61 Å². The Morgan fingerprint density at radius 2 is 1.75 bits per heavy atom. The first-order valence-electron chi connectivity index (χ1n) is 5.88. The van der Waals surface area contributed by atoms with Crippen molar-refractivity contribution in [2.24, 2.45) is 5.92 Å². The third-order valence-electron chi connectivity index (χ3n) is 2.70. The monoisotopic (exact) mass is 214 g/mol. The van der Waals surface area contributed by atoms with E-state index in [0.29, 0.717) is 5.92 Å². The molecular weight excluding hydrogens is 196 g/mol. The molecule has 0 saturated carbocycles. The lowest BCUT2D eigenvalue weighted by Gasteiger charge is -2.10. The number of ether oxygens (including phenoxy) is 1. The Labute approximate surface area is 97.1 Å². The van der Waals surface area contributed by atoms with Crippen molar-refractivity contribution in [2.75, 3.05) is 6.61 Å². The maximum absolute atomic E-state index is 5.83. The number of fused-ring (bicyclic) bond motifs is 1. The van der Waals surface area contributed by atoms with Gasteiger partial charge < -0.3 is 4.74 Å². The molecule has 1 nitrogen and oxygen atoms in total. The second kappa shape index (κ2) is 5.02. The second-order valence-electron chi connectivity index (χ2n) is 4.51. The van der Waals surface area contributed by atoms with Crippen LogP contribution in [0.5, 0.6) is 5.75 Å². The zero-order valence-corrected chi connectivity index (χ0v) is 9.94. The fourth-order valence-corrected chi connectivity index (χ4v) is 1.73. The Hall–Kier alpha value is -1.50. The minimum Gasteiger partial charge on any atom is -0.493 e. The van der Waals surface area contributed by atoms with E-state index < -0.39 is 0 Å². The van der Waals surface area contributed by atoms with Gasteiger partial charge in [0.15, 0.2) is 0 Å². The van der Waals surface area contributed by atoms with Crippen LogP contribution in [0.1, 0.15) is 20.3 Å². The molecule has 2 rings (SSSR count). The summed E-state index contributed by atoms with van der Waals surface area (Å²) in [4.78, 5) is 0. The summed E-state index contributed by atoms with van der Waals surface area (Å²) in [6, 6.07) is 14.5. The van der Waals surface area contributed by atoms with Gasteiger partial charge in [-0.05, 0) is 23.8 Å². The predicted octanol–water partition coefficient (Wildman–Crippen LogP) is 4.26. The van der Waals surface area contributed by atoms with Gasteiger partial charge in [0.1, 0.15) is 5.75 Å². The van der Waals surface area contributed by atoms with Crippen LogP contribution < -0.4 is 4.74 Å². The fourth-order valence-electron chi connectivity index (χ4n) is 1.73. The van der Waals surface area contributed by atoms with Gasteiger partial charge in [-0.25, -0.2) is 0 Å². The third kappa shape index (κ3) is 2.54. The lowest BCUT2D eigenvalue weighted by molar-refractivity contribution is 0.292. The van der Waals surface area contributed by atoms with E-state index in [-0.39, 0.29) is 0 Å². The van der Waals surface area contributed by atoms with E-state index in [1.165, 1.54) is 10.8 Å². The summed E-state index contributed by atoms with van der Waals surface area (Å²) in [6.07, 6.45) is 1.10. The fraction of sp³-hybridized carbons (Fsp3) is 0.333. The Morgan fingerprint density at radius 1 is 1.00 bits per heavy atom. The molecule has 0 bridgehead atoms. The van der Waals surface area contributed by atoms with Crippen molar-refractivity contribution in [3.05, 3.63) is 42.5 Å². The average Bonchev–Trinajstić information content (AvgIpc) is 2.29. The van der Waals surface area contributed by atoms with Crippen LogP contribution in [0.3, 0.4) is 0 Å². The molecule has 0 aliphatic heterocycles. The standard InChI is InChI=1S/C15H18O/c1-12(2)10-11-16-15-9-5-7-13-6-3-4-8-14(13)15/h3-9,12H,10-11H2,1-2H3. The molecule has 0 spiro atoms. The van der Waals surface area contributed by atoms with Gasteiger partial charge in [0.25, 0.3) is 0 Å². The molecule has 2 aromatic carbocycles. The van der Waals surface area contributed by atoms with E-state index in [9.17, 15) is 0 Å². The molecule has 0 N–H and O–H groups in total. The lowest BCUT2D eigenvalue weighted by atomic mass is 10.1. The third-order valence-corrected chi connectivity index (χ3v) is 2.70. The molecule has 0 heterocycles. The van der Waals surface area contributed by atoms with Gasteiger partial charge >= 0.3 is 0 Å². The van der Waals surface area contributed by atoms with E-state index >= 15 is 0 Å². The van der Waals surface area contributed by atoms with E-state index in [0.717, 1.165) is 18.8 Å². The van der Waals surface area contributed by atoms with Crippen molar-refractivity contribution in [3.63, 3.8) is 0 Å². The first-order chi connectivity index (χ1) is 7.77. The van der Waals surface area contributed by atoms with Gasteiger partial charge in [-0.3, -0.25) is 0 Å². The first kappa shape index (κ1) is 11.0.